The standard InChI is InChI=1S/C46H91N2O7P/c1-3-5-7-9-11-13-15-17-19-20-21-22-24-26-28-30-32-34-36-38-45(50)44(42-55-56(52,53)54-40-39-47)48-46(51)41-43(49)37-35-33-31-29-27-25-23-18-16-14-12-10-8-6-4-2/h18,23,36,38,43-45,49-50H,3-17,19-22,24-35,37,39-42,47H2,1-2H3,(H,48,51)(H,52,53)/b23-18-,38-36+. The van der Waals surface area contributed by atoms with Gasteiger partial charge in [-0.3, -0.25) is 13.8 Å². The molecule has 0 aliphatic rings. The lowest BCUT2D eigenvalue weighted by Gasteiger charge is -2.24. The molecule has 4 atom stereocenters. The number of hydrogen-bond acceptors (Lipinski definition) is 7. The van der Waals surface area contributed by atoms with Crippen molar-refractivity contribution in [2.45, 2.75) is 244 Å². The van der Waals surface area contributed by atoms with Crippen LogP contribution in [-0.4, -0.2) is 59.0 Å². The molecule has 0 aromatic rings. The second-order valence-electron chi connectivity index (χ2n) is 16.2. The summed E-state index contributed by atoms with van der Waals surface area (Å²) in [6, 6.07) is -0.983. The first-order valence-corrected chi connectivity index (χ1v) is 25.0. The average Bonchev–Trinajstić information content (AvgIpc) is 3.17. The molecule has 0 saturated heterocycles. The van der Waals surface area contributed by atoms with E-state index in [0.29, 0.717) is 6.42 Å². The van der Waals surface area contributed by atoms with Crippen LogP contribution in [0.25, 0.3) is 0 Å². The fourth-order valence-electron chi connectivity index (χ4n) is 6.99. The molecule has 0 aliphatic heterocycles. The van der Waals surface area contributed by atoms with E-state index in [0.717, 1.165) is 51.4 Å². The maximum absolute atomic E-state index is 12.8. The van der Waals surface area contributed by atoms with E-state index < -0.39 is 38.6 Å². The molecule has 6 N–H and O–H groups in total. The third-order valence-electron chi connectivity index (χ3n) is 10.6. The molecule has 0 saturated carbocycles. The average molecular weight is 815 g/mol. The summed E-state index contributed by atoms with van der Waals surface area (Å²) < 4.78 is 22.1. The molecule has 9 nitrogen and oxygen atoms in total. The van der Waals surface area contributed by atoms with Crippen LogP contribution in [0.4, 0.5) is 0 Å². The fraction of sp³-hybridized carbons (Fsp3) is 0.891. The van der Waals surface area contributed by atoms with E-state index in [-0.39, 0.29) is 19.6 Å². The molecule has 1 amide bonds. The largest absolute Gasteiger partial charge is 0.472 e. The van der Waals surface area contributed by atoms with E-state index in [1.54, 1.807) is 6.08 Å². The minimum atomic E-state index is -4.40. The molecule has 10 heteroatoms. The van der Waals surface area contributed by atoms with E-state index in [9.17, 15) is 24.5 Å². The zero-order valence-corrected chi connectivity index (χ0v) is 37.4. The summed E-state index contributed by atoms with van der Waals surface area (Å²) in [6.07, 6.45) is 45.5. The van der Waals surface area contributed by atoms with Crippen LogP contribution >= 0.6 is 7.82 Å². The molecule has 0 fully saturated rings. The Morgan fingerprint density at radius 2 is 1.00 bits per heavy atom. The van der Waals surface area contributed by atoms with Gasteiger partial charge in [0, 0.05) is 6.54 Å². The fourth-order valence-corrected chi connectivity index (χ4v) is 7.75. The zero-order valence-electron chi connectivity index (χ0n) is 36.5. The molecule has 56 heavy (non-hydrogen) atoms. The number of phosphoric ester groups is 1. The number of carbonyl (C=O) groups is 1. The summed E-state index contributed by atoms with van der Waals surface area (Å²) >= 11 is 0. The van der Waals surface area contributed by atoms with Gasteiger partial charge < -0.3 is 26.2 Å². The van der Waals surface area contributed by atoms with Crippen molar-refractivity contribution in [3.05, 3.63) is 24.3 Å². The van der Waals surface area contributed by atoms with Crippen molar-refractivity contribution >= 4 is 13.7 Å². The van der Waals surface area contributed by atoms with Gasteiger partial charge in [-0.1, -0.05) is 199 Å². The first kappa shape index (κ1) is 54.9. The van der Waals surface area contributed by atoms with Gasteiger partial charge >= 0.3 is 7.82 Å². The van der Waals surface area contributed by atoms with Crippen molar-refractivity contribution in [2.24, 2.45) is 5.73 Å². The van der Waals surface area contributed by atoms with E-state index in [2.05, 4.69) is 31.3 Å². The monoisotopic (exact) mass is 815 g/mol. The van der Waals surface area contributed by atoms with Crippen LogP contribution in [0.5, 0.6) is 0 Å². The lowest BCUT2D eigenvalue weighted by atomic mass is 10.0. The van der Waals surface area contributed by atoms with Crippen LogP contribution in [-0.2, 0) is 18.4 Å². The quantitative estimate of drug-likeness (QED) is 0.0232. The van der Waals surface area contributed by atoms with Crippen molar-refractivity contribution in [2.75, 3.05) is 19.8 Å². The Bertz CT molecular complexity index is 950. The minimum Gasteiger partial charge on any atom is -0.393 e. The van der Waals surface area contributed by atoms with Gasteiger partial charge in [-0.15, -0.1) is 0 Å². The summed E-state index contributed by atoms with van der Waals surface area (Å²) in [7, 11) is -4.40. The Balaban J connectivity index is 4.28. The van der Waals surface area contributed by atoms with E-state index in [1.165, 1.54) is 148 Å². The molecular weight excluding hydrogens is 723 g/mol. The van der Waals surface area contributed by atoms with E-state index in [1.807, 2.05) is 6.08 Å². The van der Waals surface area contributed by atoms with Crippen molar-refractivity contribution in [1.29, 1.82) is 0 Å². The van der Waals surface area contributed by atoms with Crippen molar-refractivity contribution in [3.63, 3.8) is 0 Å². The molecule has 0 spiro atoms. The summed E-state index contributed by atoms with van der Waals surface area (Å²) in [5, 5.41) is 24.1. The van der Waals surface area contributed by atoms with Crippen LogP contribution in [0.2, 0.25) is 0 Å². The second kappa shape index (κ2) is 42.1. The highest BCUT2D eigenvalue weighted by molar-refractivity contribution is 7.47. The Morgan fingerprint density at radius 3 is 1.43 bits per heavy atom. The highest BCUT2D eigenvalue weighted by Crippen LogP contribution is 2.43. The number of allylic oxidation sites excluding steroid dienone is 3. The number of aliphatic hydroxyl groups is 2. The van der Waals surface area contributed by atoms with Crippen molar-refractivity contribution < 1.29 is 33.5 Å². The van der Waals surface area contributed by atoms with Gasteiger partial charge in [0.25, 0.3) is 0 Å². The highest BCUT2D eigenvalue weighted by Gasteiger charge is 2.27. The maximum atomic E-state index is 12.8. The molecule has 0 aromatic carbocycles. The molecule has 0 heterocycles. The Morgan fingerprint density at radius 1 is 0.607 bits per heavy atom. The molecule has 0 bridgehead atoms. The highest BCUT2D eigenvalue weighted by atomic mass is 31.2. The molecule has 0 rings (SSSR count). The van der Waals surface area contributed by atoms with Gasteiger partial charge in [-0.05, 0) is 44.9 Å². The van der Waals surface area contributed by atoms with Gasteiger partial charge in [-0.2, -0.15) is 0 Å². The van der Waals surface area contributed by atoms with Gasteiger partial charge in [0.1, 0.15) is 0 Å². The first-order valence-electron chi connectivity index (χ1n) is 23.5. The number of aliphatic hydroxyl groups excluding tert-OH is 2. The second-order valence-corrected chi connectivity index (χ2v) is 17.6. The topological polar surface area (TPSA) is 151 Å². The van der Waals surface area contributed by atoms with Gasteiger partial charge in [-0.25, -0.2) is 4.57 Å². The summed E-state index contributed by atoms with van der Waals surface area (Å²) in [4.78, 5) is 22.8. The molecule has 0 aromatic heterocycles. The van der Waals surface area contributed by atoms with Crippen LogP contribution in [0, 0.1) is 0 Å². The van der Waals surface area contributed by atoms with Crippen LogP contribution < -0.4 is 11.1 Å². The number of nitrogens with two attached hydrogens (primary N) is 1. The first-order chi connectivity index (χ1) is 27.3. The Labute approximate surface area is 345 Å². The zero-order chi connectivity index (χ0) is 41.2. The number of carbonyl (C=O) groups excluding carboxylic acids is 1. The van der Waals surface area contributed by atoms with Gasteiger partial charge in [0.2, 0.25) is 5.91 Å². The minimum absolute atomic E-state index is 0.0490. The molecule has 4 unspecified atom stereocenters. The number of unbranched alkanes of at least 4 members (excludes halogenated alkanes) is 28. The predicted octanol–water partition coefficient (Wildman–Crippen LogP) is 12.3. The predicted molar refractivity (Wildman–Crippen MR) is 237 cm³/mol. The van der Waals surface area contributed by atoms with Crippen molar-refractivity contribution in [1.82, 2.24) is 5.32 Å². The molecule has 0 radical (unpaired) electrons. The Kier molecular flexibility index (Phi) is 41.3. The number of phosphoric acid groups is 1. The summed E-state index contributed by atoms with van der Waals surface area (Å²) in [5.41, 5.74) is 5.37. The number of hydrogen-bond donors (Lipinski definition) is 5. The smallest absolute Gasteiger partial charge is 0.393 e. The van der Waals surface area contributed by atoms with Gasteiger partial charge in [0.15, 0.2) is 0 Å². The normalized spacial score (nSPS) is 14.8. The number of rotatable bonds is 44. The third kappa shape index (κ3) is 39.8. The van der Waals surface area contributed by atoms with E-state index in [4.69, 9.17) is 14.8 Å². The lowest BCUT2D eigenvalue weighted by Crippen LogP contribution is -2.46. The maximum Gasteiger partial charge on any atom is 0.472 e. The Hall–Kier alpha value is -1.06. The summed E-state index contributed by atoms with van der Waals surface area (Å²) in [6.45, 7) is 3.98. The van der Waals surface area contributed by atoms with Crippen LogP contribution in [0.3, 0.4) is 0 Å². The lowest BCUT2D eigenvalue weighted by molar-refractivity contribution is -0.124. The van der Waals surface area contributed by atoms with E-state index >= 15 is 0 Å². The molecule has 0 aliphatic carbocycles. The number of amides is 1. The third-order valence-corrected chi connectivity index (χ3v) is 11.6. The number of nitrogens with one attached hydrogen (secondary N) is 1. The van der Waals surface area contributed by atoms with Crippen molar-refractivity contribution in [3.8, 4) is 0 Å². The summed E-state index contributed by atoms with van der Waals surface area (Å²) in [5.74, 6) is -0.449. The molecular formula is C46H91N2O7P. The SMILES string of the molecule is CCCCCCCC/C=C\CCCCCCCC(O)CC(=O)NC(COP(=O)(O)OCCN)C(O)/C=C/CCCCCCCCCCCCCCCCCCC. The van der Waals surface area contributed by atoms with Gasteiger partial charge in [0.05, 0.1) is 37.9 Å². The van der Waals surface area contributed by atoms with Crippen LogP contribution in [0.15, 0.2) is 24.3 Å². The molecule has 332 valence electrons. The van der Waals surface area contributed by atoms with Crippen LogP contribution in [0.1, 0.15) is 226 Å².